The highest BCUT2D eigenvalue weighted by atomic mass is 16.5. The summed E-state index contributed by atoms with van der Waals surface area (Å²) in [6, 6.07) is 9.25. The Morgan fingerprint density at radius 2 is 1.94 bits per heavy atom. The van der Waals surface area contributed by atoms with Crippen LogP contribution in [0.3, 0.4) is 0 Å². The zero-order chi connectivity index (χ0) is 12.0. The molecule has 0 unspecified atom stereocenters. The maximum atomic E-state index is 11.6. The molecule has 1 rings (SSSR count). The van der Waals surface area contributed by atoms with Crippen LogP contribution in [0.1, 0.15) is 25.5 Å². The number of benzene rings is 1. The molecule has 0 aliphatic rings. The largest absolute Gasteiger partial charge is 0.468 e. The van der Waals surface area contributed by atoms with Crippen LogP contribution in [0.5, 0.6) is 0 Å². The maximum absolute atomic E-state index is 11.6. The van der Waals surface area contributed by atoms with E-state index in [2.05, 4.69) is 19.2 Å². The van der Waals surface area contributed by atoms with E-state index in [9.17, 15) is 4.79 Å². The summed E-state index contributed by atoms with van der Waals surface area (Å²) in [5.41, 5.74) is 0.940. The van der Waals surface area contributed by atoms with Crippen molar-refractivity contribution >= 4 is 5.97 Å². The predicted octanol–water partition coefficient (Wildman–Crippen LogP) is 2.15. The fraction of sp³-hybridized carbons (Fsp3) is 0.462. The summed E-state index contributed by atoms with van der Waals surface area (Å²) in [5, 5.41) is 3.21. The molecule has 0 bridgehead atoms. The van der Waals surface area contributed by atoms with Gasteiger partial charge in [0.05, 0.1) is 7.11 Å². The van der Waals surface area contributed by atoms with E-state index in [0.29, 0.717) is 5.92 Å². The molecule has 88 valence electrons. The van der Waals surface area contributed by atoms with Gasteiger partial charge in [0.2, 0.25) is 0 Å². The molecule has 0 amide bonds. The van der Waals surface area contributed by atoms with Gasteiger partial charge in [-0.1, -0.05) is 44.2 Å². The SMILES string of the molecule is COC(=O)[C@H](NCC(C)C)c1ccccc1. The van der Waals surface area contributed by atoms with Gasteiger partial charge in [-0.3, -0.25) is 0 Å². The zero-order valence-corrected chi connectivity index (χ0v) is 10.1. The molecule has 0 aromatic heterocycles. The van der Waals surface area contributed by atoms with Crippen LogP contribution in [-0.4, -0.2) is 19.6 Å². The van der Waals surface area contributed by atoms with Crippen LogP contribution in [0.15, 0.2) is 30.3 Å². The van der Waals surface area contributed by atoms with Gasteiger partial charge in [-0.25, -0.2) is 4.79 Å². The Morgan fingerprint density at radius 3 is 2.44 bits per heavy atom. The van der Waals surface area contributed by atoms with E-state index in [1.54, 1.807) is 0 Å². The highest BCUT2D eigenvalue weighted by molar-refractivity contribution is 5.77. The van der Waals surface area contributed by atoms with E-state index in [0.717, 1.165) is 12.1 Å². The van der Waals surface area contributed by atoms with E-state index in [4.69, 9.17) is 4.74 Å². The minimum absolute atomic E-state index is 0.244. The van der Waals surface area contributed by atoms with Crippen molar-refractivity contribution in [2.45, 2.75) is 19.9 Å². The summed E-state index contributed by atoms with van der Waals surface area (Å²) < 4.78 is 4.80. The van der Waals surface area contributed by atoms with Crippen LogP contribution in [-0.2, 0) is 9.53 Å². The molecule has 1 aromatic carbocycles. The summed E-state index contributed by atoms with van der Waals surface area (Å²) in [6.45, 7) is 4.99. The fourth-order valence-electron chi connectivity index (χ4n) is 1.45. The molecule has 0 radical (unpaired) electrons. The Hall–Kier alpha value is -1.35. The van der Waals surface area contributed by atoms with E-state index in [1.807, 2.05) is 30.3 Å². The second kappa shape index (κ2) is 6.28. The normalized spacial score (nSPS) is 12.5. The van der Waals surface area contributed by atoms with Crippen LogP contribution < -0.4 is 5.32 Å². The third-order valence-corrected chi connectivity index (χ3v) is 2.30. The molecule has 0 saturated heterocycles. The van der Waals surface area contributed by atoms with Crippen molar-refractivity contribution in [3.63, 3.8) is 0 Å². The van der Waals surface area contributed by atoms with Gasteiger partial charge in [0.25, 0.3) is 0 Å². The van der Waals surface area contributed by atoms with E-state index in [1.165, 1.54) is 7.11 Å². The van der Waals surface area contributed by atoms with Crippen LogP contribution in [0.4, 0.5) is 0 Å². The van der Waals surface area contributed by atoms with Gasteiger partial charge in [0.15, 0.2) is 0 Å². The Kier molecular flexibility index (Phi) is 4.99. The molecule has 1 aromatic rings. The van der Waals surface area contributed by atoms with Gasteiger partial charge >= 0.3 is 5.97 Å². The fourth-order valence-corrected chi connectivity index (χ4v) is 1.45. The molecule has 0 aliphatic heterocycles. The average Bonchev–Trinajstić information content (AvgIpc) is 2.30. The first-order valence-corrected chi connectivity index (χ1v) is 5.51. The van der Waals surface area contributed by atoms with E-state index >= 15 is 0 Å². The van der Waals surface area contributed by atoms with E-state index in [-0.39, 0.29) is 12.0 Å². The Bertz CT molecular complexity index is 322. The van der Waals surface area contributed by atoms with Crippen molar-refractivity contribution < 1.29 is 9.53 Å². The van der Waals surface area contributed by atoms with Crippen molar-refractivity contribution in [2.24, 2.45) is 5.92 Å². The summed E-state index contributed by atoms with van der Waals surface area (Å²) in [5.74, 6) is 0.253. The smallest absolute Gasteiger partial charge is 0.327 e. The van der Waals surface area contributed by atoms with Gasteiger partial charge in [-0.15, -0.1) is 0 Å². The number of ether oxygens (including phenoxy) is 1. The lowest BCUT2D eigenvalue weighted by molar-refractivity contribution is -0.143. The minimum Gasteiger partial charge on any atom is -0.468 e. The second-order valence-corrected chi connectivity index (χ2v) is 4.17. The molecule has 0 heterocycles. The number of carbonyl (C=O) groups is 1. The molecule has 16 heavy (non-hydrogen) atoms. The maximum Gasteiger partial charge on any atom is 0.327 e. The van der Waals surface area contributed by atoms with Gasteiger partial charge < -0.3 is 10.1 Å². The van der Waals surface area contributed by atoms with Gasteiger partial charge in [-0.2, -0.15) is 0 Å². The second-order valence-electron chi connectivity index (χ2n) is 4.17. The number of hydrogen-bond acceptors (Lipinski definition) is 3. The number of rotatable bonds is 5. The highest BCUT2D eigenvalue weighted by Crippen LogP contribution is 2.14. The lowest BCUT2D eigenvalue weighted by Gasteiger charge is -2.18. The first kappa shape index (κ1) is 12.7. The Morgan fingerprint density at radius 1 is 1.31 bits per heavy atom. The van der Waals surface area contributed by atoms with Gasteiger partial charge in [-0.05, 0) is 18.0 Å². The number of esters is 1. The van der Waals surface area contributed by atoms with Crippen molar-refractivity contribution in [1.82, 2.24) is 5.32 Å². The molecule has 1 N–H and O–H groups in total. The Balaban J connectivity index is 2.76. The molecular formula is C13H19NO2. The predicted molar refractivity (Wildman–Crippen MR) is 64.0 cm³/mol. The van der Waals surface area contributed by atoms with Crippen LogP contribution >= 0.6 is 0 Å². The number of carbonyl (C=O) groups excluding carboxylic acids is 1. The van der Waals surface area contributed by atoms with Crippen molar-refractivity contribution in [1.29, 1.82) is 0 Å². The monoisotopic (exact) mass is 221 g/mol. The van der Waals surface area contributed by atoms with Crippen LogP contribution in [0.25, 0.3) is 0 Å². The third kappa shape index (κ3) is 3.66. The molecule has 0 fully saturated rings. The zero-order valence-electron chi connectivity index (χ0n) is 10.1. The van der Waals surface area contributed by atoms with Gasteiger partial charge in [0, 0.05) is 0 Å². The lowest BCUT2D eigenvalue weighted by Crippen LogP contribution is -2.32. The number of hydrogen-bond donors (Lipinski definition) is 1. The number of nitrogens with one attached hydrogen (secondary N) is 1. The topological polar surface area (TPSA) is 38.3 Å². The quantitative estimate of drug-likeness (QED) is 0.774. The summed E-state index contributed by atoms with van der Waals surface area (Å²) in [4.78, 5) is 11.6. The molecule has 0 saturated carbocycles. The summed E-state index contributed by atoms with van der Waals surface area (Å²) >= 11 is 0. The third-order valence-electron chi connectivity index (χ3n) is 2.30. The van der Waals surface area contributed by atoms with E-state index < -0.39 is 0 Å². The molecular weight excluding hydrogens is 202 g/mol. The summed E-state index contributed by atoms with van der Waals surface area (Å²) in [6.07, 6.45) is 0. The van der Waals surface area contributed by atoms with Crippen molar-refractivity contribution in [3.05, 3.63) is 35.9 Å². The molecule has 3 heteroatoms. The number of methoxy groups -OCH3 is 1. The minimum atomic E-state index is -0.367. The standard InChI is InChI=1S/C13H19NO2/c1-10(2)9-14-12(13(15)16-3)11-7-5-4-6-8-11/h4-8,10,12,14H,9H2,1-3H3/t12-/m1/s1. The van der Waals surface area contributed by atoms with Gasteiger partial charge in [0.1, 0.15) is 6.04 Å². The summed E-state index contributed by atoms with van der Waals surface area (Å²) in [7, 11) is 1.41. The molecule has 1 atom stereocenters. The first-order valence-electron chi connectivity index (χ1n) is 5.51. The average molecular weight is 221 g/mol. The van der Waals surface area contributed by atoms with Crippen molar-refractivity contribution in [2.75, 3.05) is 13.7 Å². The van der Waals surface area contributed by atoms with Crippen molar-refractivity contribution in [3.8, 4) is 0 Å². The molecule has 0 spiro atoms. The first-order chi connectivity index (χ1) is 7.65. The highest BCUT2D eigenvalue weighted by Gasteiger charge is 2.20. The van der Waals surface area contributed by atoms with Crippen LogP contribution in [0.2, 0.25) is 0 Å². The molecule has 0 aliphatic carbocycles. The lowest BCUT2D eigenvalue weighted by atomic mass is 10.1. The molecule has 3 nitrogen and oxygen atoms in total. The van der Waals surface area contributed by atoms with Crippen LogP contribution in [0, 0.1) is 5.92 Å². The Labute approximate surface area is 96.8 Å².